The van der Waals surface area contributed by atoms with Gasteiger partial charge >= 0.3 is 12.0 Å². The number of urea groups is 1. The molecule has 0 aliphatic heterocycles. The molecule has 35 heavy (non-hydrogen) atoms. The molecule has 0 bridgehead atoms. The summed E-state index contributed by atoms with van der Waals surface area (Å²) in [4.78, 5) is 28.7. The number of amides is 2. The molecular formula is C25H18ClF2N3O4. The highest BCUT2D eigenvalue weighted by molar-refractivity contribution is 6.31. The number of halogens is 3. The fourth-order valence-corrected chi connectivity index (χ4v) is 3.40. The minimum absolute atomic E-state index is 0.121. The standard InChI is InChI=1S/C25H18ClF2N3O4/c1-34-24(32)13-35-23-12-22(14-2-4-15(27)5-3-14)31-21-9-7-16(10-18(21)23)29-25(33)30-17-6-8-20(28)19(26)11-17/h2-12H,13H2,1H3,(H2,29,30,33). The second kappa shape index (κ2) is 10.4. The van der Waals surface area contributed by atoms with E-state index in [9.17, 15) is 18.4 Å². The Morgan fingerprint density at radius 1 is 0.943 bits per heavy atom. The third-order valence-electron chi connectivity index (χ3n) is 4.92. The molecular weight excluding hydrogens is 480 g/mol. The lowest BCUT2D eigenvalue weighted by atomic mass is 10.1. The lowest BCUT2D eigenvalue weighted by Gasteiger charge is -2.13. The highest BCUT2D eigenvalue weighted by Crippen LogP contribution is 2.32. The van der Waals surface area contributed by atoms with Crippen LogP contribution in [0.3, 0.4) is 0 Å². The predicted octanol–water partition coefficient (Wildman–Crippen LogP) is 6.03. The summed E-state index contributed by atoms with van der Waals surface area (Å²) in [7, 11) is 1.25. The number of carbonyl (C=O) groups excluding carboxylic acids is 2. The largest absolute Gasteiger partial charge is 0.481 e. The van der Waals surface area contributed by atoms with Crippen molar-refractivity contribution in [1.82, 2.24) is 4.98 Å². The number of nitrogens with one attached hydrogen (secondary N) is 2. The first-order valence-corrected chi connectivity index (χ1v) is 10.6. The Kier molecular flexibility index (Phi) is 7.07. The molecule has 4 aromatic rings. The van der Waals surface area contributed by atoms with E-state index in [1.807, 2.05) is 0 Å². The molecule has 3 aromatic carbocycles. The summed E-state index contributed by atoms with van der Waals surface area (Å²) in [6, 6.07) is 15.5. The summed E-state index contributed by atoms with van der Waals surface area (Å²) in [6.07, 6.45) is 0. The van der Waals surface area contributed by atoms with Crippen molar-refractivity contribution >= 4 is 45.9 Å². The Bertz CT molecular complexity index is 1410. The van der Waals surface area contributed by atoms with Gasteiger partial charge in [0.1, 0.15) is 17.4 Å². The molecule has 0 radical (unpaired) electrons. The van der Waals surface area contributed by atoms with E-state index in [2.05, 4.69) is 20.4 Å². The van der Waals surface area contributed by atoms with E-state index in [-0.39, 0.29) is 17.4 Å². The number of hydrogen-bond acceptors (Lipinski definition) is 5. The average Bonchev–Trinajstić information content (AvgIpc) is 2.85. The number of anilines is 2. The van der Waals surface area contributed by atoms with Gasteiger partial charge in [0.2, 0.25) is 0 Å². The van der Waals surface area contributed by atoms with Crippen molar-refractivity contribution in [3.63, 3.8) is 0 Å². The monoisotopic (exact) mass is 497 g/mol. The number of hydrogen-bond donors (Lipinski definition) is 2. The number of fused-ring (bicyclic) bond motifs is 1. The van der Waals surface area contributed by atoms with Crippen molar-refractivity contribution in [2.24, 2.45) is 0 Å². The molecule has 7 nitrogen and oxygen atoms in total. The van der Waals surface area contributed by atoms with Crippen LogP contribution >= 0.6 is 11.6 Å². The number of rotatable bonds is 6. The van der Waals surface area contributed by atoms with Crippen molar-refractivity contribution in [3.05, 3.63) is 83.4 Å². The summed E-state index contributed by atoms with van der Waals surface area (Å²) < 4.78 is 37.0. The van der Waals surface area contributed by atoms with Crippen LogP contribution in [0.2, 0.25) is 5.02 Å². The van der Waals surface area contributed by atoms with E-state index >= 15 is 0 Å². The summed E-state index contributed by atoms with van der Waals surface area (Å²) in [5.74, 6) is -1.24. The summed E-state index contributed by atoms with van der Waals surface area (Å²) >= 11 is 5.75. The van der Waals surface area contributed by atoms with E-state index < -0.39 is 17.8 Å². The molecule has 0 atom stereocenters. The lowest BCUT2D eigenvalue weighted by Crippen LogP contribution is -2.19. The first kappa shape index (κ1) is 23.9. The molecule has 10 heteroatoms. The Labute approximate surface area is 203 Å². The molecule has 1 heterocycles. The highest BCUT2D eigenvalue weighted by atomic mass is 35.5. The van der Waals surface area contributed by atoms with Crippen LogP contribution in [-0.2, 0) is 9.53 Å². The predicted molar refractivity (Wildman–Crippen MR) is 129 cm³/mol. The van der Waals surface area contributed by atoms with Crippen molar-refractivity contribution in [1.29, 1.82) is 0 Å². The van der Waals surface area contributed by atoms with Crippen LogP contribution < -0.4 is 15.4 Å². The molecule has 0 saturated heterocycles. The van der Waals surface area contributed by atoms with E-state index in [0.717, 1.165) is 6.07 Å². The van der Waals surface area contributed by atoms with Gasteiger partial charge in [0, 0.05) is 28.4 Å². The van der Waals surface area contributed by atoms with Crippen molar-refractivity contribution < 1.29 is 27.8 Å². The van der Waals surface area contributed by atoms with Gasteiger partial charge in [-0.25, -0.2) is 23.4 Å². The number of carbonyl (C=O) groups is 2. The Hall–Kier alpha value is -4.24. The van der Waals surface area contributed by atoms with Gasteiger partial charge in [-0.1, -0.05) is 11.6 Å². The lowest BCUT2D eigenvalue weighted by molar-refractivity contribution is -0.142. The zero-order valence-electron chi connectivity index (χ0n) is 18.3. The van der Waals surface area contributed by atoms with Gasteiger partial charge in [-0.15, -0.1) is 0 Å². The molecule has 0 fully saturated rings. The van der Waals surface area contributed by atoms with Crippen LogP contribution in [0.5, 0.6) is 5.75 Å². The normalized spacial score (nSPS) is 10.6. The Morgan fingerprint density at radius 3 is 2.31 bits per heavy atom. The maximum atomic E-state index is 13.3. The van der Waals surface area contributed by atoms with Crippen molar-refractivity contribution in [2.75, 3.05) is 24.4 Å². The Balaban J connectivity index is 1.64. The third kappa shape index (κ3) is 5.82. The minimum Gasteiger partial charge on any atom is -0.481 e. The molecule has 2 N–H and O–H groups in total. The van der Waals surface area contributed by atoms with Gasteiger partial charge < -0.3 is 20.1 Å². The number of methoxy groups -OCH3 is 1. The number of ether oxygens (including phenoxy) is 2. The second-order valence-corrected chi connectivity index (χ2v) is 7.72. The van der Waals surface area contributed by atoms with Crippen LogP contribution in [0.15, 0.2) is 66.7 Å². The topological polar surface area (TPSA) is 89.6 Å². The first-order chi connectivity index (χ1) is 16.8. The van der Waals surface area contributed by atoms with Gasteiger partial charge in [0.25, 0.3) is 0 Å². The number of aromatic nitrogens is 1. The quantitative estimate of drug-likeness (QED) is 0.317. The Morgan fingerprint density at radius 2 is 1.63 bits per heavy atom. The molecule has 2 amide bonds. The molecule has 0 spiro atoms. The number of nitrogens with zero attached hydrogens (tertiary/aromatic N) is 1. The van der Waals surface area contributed by atoms with Gasteiger partial charge in [0.15, 0.2) is 6.61 Å². The van der Waals surface area contributed by atoms with Crippen LogP contribution in [0.4, 0.5) is 25.0 Å². The van der Waals surface area contributed by atoms with Gasteiger partial charge in [0.05, 0.1) is 23.3 Å². The van der Waals surface area contributed by atoms with Crippen LogP contribution in [0.1, 0.15) is 0 Å². The fraction of sp³-hybridized carbons (Fsp3) is 0.0800. The molecule has 178 valence electrons. The van der Waals surface area contributed by atoms with E-state index in [1.54, 1.807) is 36.4 Å². The number of esters is 1. The first-order valence-electron chi connectivity index (χ1n) is 10.3. The zero-order chi connectivity index (χ0) is 24.9. The summed E-state index contributed by atoms with van der Waals surface area (Å²) in [5, 5.41) is 5.63. The molecule has 0 aliphatic rings. The molecule has 0 saturated carbocycles. The molecule has 4 rings (SSSR count). The average molecular weight is 498 g/mol. The maximum Gasteiger partial charge on any atom is 0.343 e. The van der Waals surface area contributed by atoms with Gasteiger partial charge in [-0.3, -0.25) is 0 Å². The number of pyridine rings is 1. The summed E-state index contributed by atoms with van der Waals surface area (Å²) in [6.45, 7) is -0.345. The van der Waals surface area contributed by atoms with Crippen LogP contribution in [-0.4, -0.2) is 30.7 Å². The third-order valence-corrected chi connectivity index (χ3v) is 5.21. The fourth-order valence-electron chi connectivity index (χ4n) is 3.22. The highest BCUT2D eigenvalue weighted by Gasteiger charge is 2.13. The SMILES string of the molecule is COC(=O)COc1cc(-c2ccc(F)cc2)nc2ccc(NC(=O)Nc3ccc(F)c(Cl)c3)cc12. The van der Waals surface area contributed by atoms with Crippen molar-refractivity contribution in [2.45, 2.75) is 0 Å². The van der Waals surface area contributed by atoms with Crippen molar-refractivity contribution in [3.8, 4) is 17.0 Å². The van der Waals surface area contributed by atoms with Crippen LogP contribution in [0, 0.1) is 11.6 Å². The van der Waals surface area contributed by atoms with Gasteiger partial charge in [-0.2, -0.15) is 0 Å². The molecule has 0 unspecified atom stereocenters. The zero-order valence-corrected chi connectivity index (χ0v) is 19.0. The second-order valence-electron chi connectivity index (χ2n) is 7.32. The van der Waals surface area contributed by atoms with Gasteiger partial charge in [-0.05, 0) is 60.7 Å². The van der Waals surface area contributed by atoms with E-state index in [0.29, 0.717) is 39.3 Å². The van der Waals surface area contributed by atoms with Crippen LogP contribution in [0.25, 0.3) is 22.2 Å². The molecule has 0 aliphatic carbocycles. The summed E-state index contributed by atoms with van der Waals surface area (Å²) in [5.41, 5.74) is 2.38. The van der Waals surface area contributed by atoms with E-state index in [1.165, 1.54) is 31.4 Å². The minimum atomic E-state index is -0.598. The molecule has 1 aromatic heterocycles. The van der Waals surface area contributed by atoms with E-state index in [4.69, 9.17) is 16.3 Å². The maximum absolute atomic E-state index is 13.3. The number of benzene rings is 3. The smallest absolute Gasteiger partial charge is 0.343 e.